The summed E-state index contributed by atoms with van der Waals surface area (Å²) in [5.74, 6) is 2.06. The Morgan fingerprint density at radius 3 is 2.89 bits per heavy atom. The zero-order valence-electron chi connectivity index (χ0n) is 10.9. The maximum Gasteiger partial charge on any atom is 0.257 e. The molecule has 0 aromatic carbocycles. The molecule has 0 saturated heterocycles. The van der Waals surface area contributed by atoms with Crippen molar-refractivity contribution in [1.29, 1.82) is 0 Å². The SMILES string of the molecule is CNc1ncc(Br)cc1C(=O)N(C)CC1CC1C. The smallest absolute Gasteiger partial charge is 0.257 e. The Balaban J connectivity index is 2.14. The van der Waals surface area contributed by atoms with Gasteiger partial charge in [0.05, 0.1) is 5.56 Å². The van der Waals surface area contributed by atoms with E-state index in [0.717, 1.165) is 16.9 Å². The van der Waals surface area contributed by atoms with Crippen LogP contribution in [-0.2, 0) is 0 Å². The van der Waals surface area contributed by atoms with Gasteiger partial charge >= 0.3 is 0 Å². The lowest BCUT2D eigenvalue weighted by molar-refractivity contribution is 0.0787. The minimum absolute atomic E-state index is 0.0206. The van der Waals surface area contributed by atoms with E-state index in [2.05, 4.69) is 33.2 Å². The average Bonchev–Trinajstić information content (AvgIpc) is 3.03. The monoisotopic (exact) mass is 311 g/mol. The van der Waals surface area contributed by atoms with Crippen molar-refractivity contribution in [2.75, 3.05) is 26.0 Å². The molecule has 1 aliphatic rings. The van der Waals surface area contributed by atoms with Crippen molar-refractivity contribution in [3.8, 4) is 0 Å². The topological polar surface area (TPSA) is 45.2 Å². The molecule has 98 valence electrons. The molecule has 1 aliphatic carbocycles. The van der Waals surface area contributed by atoms with E-state index >= 15 is 0 Å². The second kappa shape index (κ2) is 5.26. The molecule has 0 aliphatic heterocycles. The van der Waals surface area contributed by atoms with Crippen LogP contribution in [0.1, 0.15) is 23.7 Å². The number of rotatable bonds is 4. The van der Waals surface area contributed by atoms with E-state index in [1.54, 1.807) is 18.1 Å². The number of halogens is 1. The quantitative estimate of drug-likeness (QED) is 0.929. The Hall–Kier alpha value is -1.10. The van der Waals surface area contributed by atoms with Gasteiger partial charge in [0.25, 0.3) is 5.91 Å². The third-order valence-corrected chi connectivity index (χ3v) is 3.89. The van der Waals surface area contributed by atoms with E-state index in [4.69, 9.17) is 0 Å². The molecule has 1 aromatic heterocycles. The van der Waals surface area contributed by atoms with Crippen molar-refractivity contribution < 1.29 is 4.79 Å². The third kappa shape index (κ3) is 2.83. The van der Waals surface area contributed by atoms with E-state index in [-0.39, 0.29) is 5.91 Å². The fraction of sp³-hybridized carbons (Fsp3) is 0.538. The van der Waals surface area contributed by atoms with Crippen LogP contribution in [0.4, 0.5) is 5.82 Å². The molecule has 1 saturated carbocycles. The number of hydrogen-bond donors (Lipinski definition) is 1. The van der Waals surface area contributed by atoms with E-state index < -0.39 is 0 Å². The maximum absolute atomic E-state index is 12.4. The highest BCUT2D eigenvalue weighted by Crippen LogP contribution is 2.38. The number of carbonyl (C=O) groups excluding carboxylic acids is 1. The van der Waals surface area contributed by atoms with Crippen LogP contribution < -0.4 is 5.32 Å². The van der Waals surface area contributed by atoms with Gasteiger partial charge in [-0.15, -0.1) is 0 Å². The van der Waals surface area contributed by atoms with E-state index in [1.807, 2.05) is 13.1 Å². The van der Waals surface area contributed by atoms with Crippen molar-refractivity contribution in [3.63, 3.8) is 0 Å². The Kier molecular flexibility index (Phi) is 3.90. The molecule has 1 fully saturated rings. The average molecular weight is 312 g/mol. The molecule has 0 radical (unpaired) electrons. The second-order valence-corrected chi connectivity index (χ2v) is 5.87. The summed E-state index contributed by atoms with van der Waals surface area (Å²) in [6.45, 7) is 3.05. The fourth-order valence-corrected chi connectivity index (χ4v) is 2.43. The van der Waals surface area contributed by atoms with Crippen molar-refractivity contribution in [1.82, 2.24) is 9.88 Å². The molecule has 1 N–H and O–H groups in total. The number of amides is 1. The minimum Gasteiger partial charge on any atom is -0.372 e. The zero-order chi connectivity index (χ0) is 13.3. The third-order valence-electron chi connectivity index (χ3n) is 3.45. The fourth-order valence-electron chi connectivity index (χ4n) is 2.10. The van der Waals surface area contributed by atoms with E-state index in [1.165, 1.54) is 6.42 Å². The number of nitrogens with one attached hydrogen (secondary N) is 1. The molecular formula is C13H18BrN3O. The highest BCUT2D eigenvalue weighted by Gasteiger charge is 2.34. The molecule has 1 heterocycles. The van der Waals surface area contributed by atoms with Gasteiger partial charge in [0, 0.05) is 31.3 Å². The van der Waals surface area contributed by atoms with Crippen LogP contribution in [0.5, 0.6) is 0 Å². The lowest BCUT2D eigenvalue weighted by Gasteiger charge is -2.18. The Morgan fingerprint density at radius 2 is 2.33 bits per heavy atom. The lowest BCUT2D eigenvalue weighted by atomic mass is 10.2. The molecular weight excluding hydrogens is 294 g/mol. The van der Waals surface area contributed by atoms with Gasteiger partial charge in [-0.1, -0.05) is 6.92 Å². The minimum atomic E-state index is 0.0206. The molecule has 5 heteroatoms. The standard InChI is InChI=1S/C13H18BrN3O/c1-8-4-9(8)7-17(3)13(18)11-5-10(14)6-16-12(11)15-2/h5-6,8-9H,4,7H2,1-3H3,(H,15,16). The summed E-state index contributed by atoms with van der Waals surface area (Å²) < 4.78 is 0.818. The van der Waals surface area contributed by atoms with Gasteiger partial charge < -0.3 is 10.2 Å². The van der Waals surface area contributed by atoms with Gasteiger partial charge in [-0.25, -0.2) is 4.98 Å². The van der Waals surface area contributed by atoms with Crippen LogP contribution in [-0.4, -0.2) is 36.4 Å². The van der Waals surface area contributed by atoms with Gasteiger partial charge in [-0.05, 0) is 40.3 Å². The first kappa shape index (κ1) is 13.3. The molecule has 2 unspecified atom stereocenters. The summed E-state index contributed by atoms with van der Waals surface area (Å²) in [7, 11) is 3.63. The Labute approximate surface area is 116 Å². The van der Waals surface area contributed by atoms with E-state index in [9.17, 15) is 4.79 Å². The van der Waals surface area contributed by atoms with Crippen molar-refractivity contribution in [2.24, 2.45) is 11.8 Å². The van der Waals surface area contributed by atoms with Crippen molar-refractivity contribution in [3.05, 3.63) is 22.3 Å². The molecule has 2 atom stereocenters. The molecule has 0 bridgehead atoms. The van der Waals surface area contributed by atoms with Crippen LogP contribution in [0.15, 0.2) is 16.7 Å². The highest BCUT2D eigenvalue weighted by atomic mass is 79.9. The molecule has 1 amide bonds. The zero-order valence-corrected chi connectivity index (χ0v) is 12.5. The van der Waals surface area contributed by atoms with Gasteiger partial charge in [-0.2, -0.15) is 0 Å². The van der Waals surface area contributed by atoms with Crippen molar-refractivity contribution >= 4 is 27.7 Å². The van der Waals surface area contributed by atoms with Crippen molar-refractivity contribution in [2.45, 2.75) is 13.3 Å². The van der Waals surface area contributed by atoms with Gasteiger partial charge in [-0.3, -0.25) is 4.79 Å². The Bertz CT molecular complexity index is 464. The normalized spacial score (nSPS) is 21.6. The van der Waals surface area contributed by atoms with Crippen LogP contribution >= 0.6 is 15.9 Å². The largest absolute Gasteiger partial charge is 0.372 e. The summed E-state index contributed by atoms with van der Waals surface area (Å²) >= 11 is 3.35. The summed E-state index contributed by atoms with van der Waals surface area (Å²) in [5.41, 5.74) is 0.614. The molecule has 0 spiro atoms. The lowest BCUT2D eigenvalue weighted by Crippen LogP contribution is -2.29. The number of anilines is 1. The predicted molar refractivity (Wildman–Crippen MR) is 75.7 cm³/mol. The first-order valence-corrected chi connectivity index (χ1v) is 6.91. The maximum atomic E-state index is 12.4. The number of carbonyl (C=O) groups is 1. The number of pyridine rings is 1. The summed E-state index contributed by atoms with van der Waals surface area (Å²) in [5, 5.41) is 2.96. The summed E-state index contributed by atoms with van der Waals surface area (Å²) in [6.07, 6.45) is 2.92. The molecule has 2 rings (SSSR count). The van der Waals surface area contributed by atoms with Crippen LogP contribution in [0, 0.1) is 11.8 Å². The van der Waals surface area contributed by atoms with E-state index in [0.29, 0.717) is 17.3 Å². The molecule has 18 heavy (non-hydrogen) atoms. The van der Waals surface area contributed by atoms with Crippen LogP contribution in [0.2, 0.25) is 0 Å². The molecule has 4 nitrogen and oxygen atoms in total. The highest BCUT2D eigenvalue weighted by molar-refractivity contribution is 9.10. The number of hydrogen-bond acceptors (Lipinski definition) is 3. The van der Waals surface area contributed by atoms with Gasteiger partial charge in [0.1, 0.15) is 5.82 Å². The van der Waals surface area contributed by atoms with Crippen LogP contribution in [0.3, 0.4) is 0 Å². The summed E-state index contributed by atoms with van der Waals surface area (Å²) in [4.78, 5) is 18.4. The summed E-state index contributed by atoms with van der Waals surface area (Å²) in [6, 6.07) is 1.81. The Morgan fingerprint density at radius 1 is 1.67 bits per heavy atom. The second-order valence-electron chi connectivity index (χ2n) is 4.96. The number of nitrogens with zero attached hydrogens (tertiary/aromatic N) is 2. The van der Waals surface area contributed by atoms with Gasteiger partial charge in [0.2, 0.25) is 0 Å². The number of aromatic nitrogens is 1. The first-order valence-electron chi connectivity index (χ1n) is 6.11. The predicted octanol–water partition coefficient (Wildman–Crippen LogP) is 2.61. The van der Waals surface area contributed by atoms with Gasteiger partial charge in [0.15, 0.2) is 0 Å². The molecule has 1 aromatic rings. The first-order chi connectivity index (χ1) is 8.52. The van der Waals surface area contributed by atoms with Crippen LogP contribution in [0.25, 0.3) is 0 Å².